The van der Waals surface area contributed by atoms with Gasteiger partial charge in [0.1, 0.15) is 5.75 Å². The highest BCUT2D eigenvalue weighted by Crippen LogP contribution is 2.25. The molecule has 0 spiro atoms. The van der Waals surface area contributed by atoms with Crippen molar-refractivity contribution < 1.29 is 9.53 Å². The summed E-state index contributed by atoms with van der Waals surface area (Å²) >= 11 is 6.20. The van der Waals surface area contributed by atoms with E-state index in [9.17, 15) is 4.79 Å². The summed E-state index contributed by atoms with van der Waals surface area (Å²) in [5, 5.41) is 10.8. The Balaban J connectivity index is 1.94. The number of methoxy groups -OCH3 is 1. The van der Waals surface area contributed by atoms with Gasteiger partial charge in [0.25, 0.3) is 5.91 Å². The molecular formula is C23H26ClN5O2. The maximum Gasteiger partial charge on any atom is 0.259 e. The van der Waals surface area contributed by atoms with E-state index >= 15 is 0 Å². The zero-order valence-electron chi connectivity index (χ0n) is 18.3. The fourth-order valence-electron chi connectivity index (χ4n) is 3.18. The molecule has 0 aliphatic heterocycles. The van der Waals surface area contributed by atoms with Crippen molar-refractivity contribution in [2.24, 2.45) is 12.0 Å². The Morgan fingerprint density at radius 1 is 1.19 bits per heavy atom. The Kier molecular flexibility index (Phi) is 6.97. The topological polar surface area (TPSA) is 80.5 Å². The largest absolute Gasteiger partial charge is 0.495 e. The number of nitrogens with one attached hydrogen (secondary N) is 2. The number of aryl methyl sites for hydroxylation is 3. The summed E-state index contributed by atoms with van der Waals surface area (Å²) < 4.78 is 7.27. The first-order chi connectivity index (χ1) is 14.8. The van der Waals surface area contributed by atoms with E-state index in [2.05, 4.69) is 20.7 Å². The summed E-state index contributed by atoms with van der Waals surface area (Å²) in [6, 6.07) is 12.6. The molecule has 0 fully saturated rings. The summed E-state index contributed by atoms with van der Waals surface area (Å²) in [5.74, 6) is 0.568. The van der Waals surface area contributed by atoms with Crippen molar-refractivity contribution >= 4 is 29.2 Å². The second kappa shape index (κ2) is 9.66. The monoisotopic (exact) mass is 439 g/mol. The van der Waals surface area contributed by atoms with Crippen molar-refractivity contribution in [3.63, 3.8) is 0 Å². The molecule has 1 aromatic heterocycles. The zero-order valence-corrected chi connectivity index (χ0v) is 19.0. The predicted octanol–water partition coefficient (Wildman–Crippen LogP) is 4.41. The Morgan fingerprint density at radius 2 is 1.94 bits per heavy atom. The number of carbonyl (C=O) groups is 1. The number of guanidine groups is 1. The maximum atomic E-state index is 12.9. The molecule has 0 radical (unpaired) electrons. The van der Waals surface area contributed by atoms with E-state index in [1.807, 2.05) is 50.7 Å². The minimum atomic E-state index is -0.358. The molecule has 2 aromatic carbocycles. The molecule has 1 heterocycles. The van der Waals surface area contributed by atoms with E-state index in [-0.39, 0.29) is 11.9 Å². The number of carbonyl (C=O) groups excluding carboxylic acids is 1. The van der Waals surface area contributed by atoms with Crippen LogP contribution in [0.4, 0.5) is 5.69 Å². The highest BCUT2D eigenvalue weighted by atomic mass is 35.5. The molecule has 8 heteroatoms. The van der Waals surface area contributed by atoms with Crippen LogP contribution in [-0.4, -0.2) is 28.8 Å². The molecule has 0 saturated heterocycles. The van der Waals surface area contributed by atoms with Gasteiger partial charge in [-0.15, -0.1) is 0 Å². The summed E-state index contributed by atoms with van der Waals surface area (Å²) in [6.45, 7) is 6.26. The summed E-state index contributed by atoms with van der Waals surface area (Å²) in [4.78, 5) is 17.5. The molecular weight excluding hydrogens is 414 g/mol. The third kappa shape index (κ3) is 5.24. The van der Waals surface area contributed by atoms with Gasteiger partial charge in [-0.25, -0.2) is 4.99 Å². The fourth-order valence-corrected chi connectivity index (χ4v) is 3.40. The van der Waals surface area contributed by atoms with Crippen molar-refractivity contribution in [3.05, 3.63) is 75.6 Å². The van der Waals surface area contributed by atoms with E-state index in [1.54, 1.807) is 31.4 Å². The quantitative estimate of drug-likeness (QED) is 0.456. The van der Waals surface area contributed by atoms with Crippen LogP contribution in [0.5, 0.6) is 5.75 Å². The molecule has 0 aliphatic rings. The van der Waals surface area contributed by atoms with E-state index < -0.39 is 0 Å². The molecule has 0 aliphatic carbocycles. The van der Waals surface area contributed by atoms with Crippen LogP contribution in [0.2, 0.25) is 5.02 Å². The standard InChI is InChI=1S/C23H26ClN5O2/c1-14-10-11-21(31-5)20(12-14)26-23(25-13-18-15(2)28-29(4)16(18)3)27-22(30)17-8-6-7-9-19(17)24/h6-12H,13H2,1-5H3,(H2,25,26,27,30). The highest BCUT2D eigenvalue weighted by molar-refractivity contribution is 6.34. The first-order valence-electron chi connectivity index (χ1n) is 9.81. The molecule has 3 rings (SSSR count). The van der Waals surface area contributed by atoms with Gasteiger partial charge in [-0.3, -0.25) is 14.8 Å². The van der Waals surface area contributed by atoms with Crippen molar-refractivity contribution in [1.82, 2.24) is 15.1 Å². The average Bonchev–Trinajstić information content (AvgIpc) is 2.97. The highest BCUT2D eigenvalue weighted by Gasteiger charge is 2.15. The number of halogens is 1. The lowest BCUT2D eigenvalue weighted by atomic mass is 10.2. The number of benzene rings is 2. The van der Waals surface area contributed by atoms with Gasteiger partial charge in [-0.1, -0.05) is 29.8 Å². The van der Waals surface area contributed by atoms with Crippen LogP contribution in [0.3, 0.4) is 0 Å². The Bertz CT molecular complexity index is 1140. The van der Waals surface area contributed by atoms with E-state index in [4.69, 9.17) is 16.3 Å². The molecule has 2 N–H and O–H groups in total. The molecule has 0 bridgehead atoms. The van der Waals surface area contributed by atoms with E-state index in [0.29, 0.717) is 28.6 Å². The second-order valence-corrected chi connectivity index (χ2v) is 7.61. The van der Waals surface area contributed by atoms with E-state index in [1.165, 1.54) is 0 Å². The summed E-state index contributed by atoms with van der Waals surface area (Å²) in [7, 11) is 3.49. The van der Waals surface area contributed by atoms with Crippen LogP contribution in [0.15, 0.2) is 47.5 Å². The molecule has 1 amide bonds. The Morgan fingerprint density at radius 3 is 2.58 bits per heavy atom. The molecule has 0 saturated carbocycles. The van der Waals surface area contributed by atoms with Gasteiger partial charge >= 0.3 is 0 Å². The Hall–Kier alpha value is -3.32. The minimum Gasteiger partial charge on any atom is -0.495 e. The van der Waals surface area contributed by atoms with Crippen molar-refractivity contribution in [2.45, 2.75) is 27.3 Å². The van der Waals surface area contributed by atoms with Gasteiger partial charge in [0, 0.05) is 18.3 Å². The molecule has 7 nitrogen and oxygen atoms in total. The number of aliphatic imine (C=N–C) groups is 1. The molecule has 31 heavy (non-hydrogen) atoms. The summed E-state index contributed by atoms with van der Waals surface area (Å²) in [5.41, 5.74) is 5.02. The number of anilines is 1. The molecule has 162 valence electrons. The zero-order chi connectivity index (χ0) is 22.5. The van der Waals surface area contributed by atoms with Gasteiger partial charge in [-0.2, -0.15) is 5.10 Å². The van der Waals surface area contributed by atoms with Crippen molar-refractivity contribution in [2.75, 3.05) is 12.4 Å². The summed E-state index contributed by atoms with van der Waals surface area (Å²) in [6.07, 6.45) is 0. The number of amides is 1. The lowest BCUT2D eigenvalue weighted by Gasteiger charge is -2.15. The Labute approximate surface area is 187 Å². The second-order valence-electron chi connectivity index (χ2n) is 7.20. The van der Waals surface area contributed by atoms with Gasteiger partial charge in [-0.05, 0) is 50.6 Å². The van der Waals surface area contributed by atoms with Gasteiger partial charge in [0.2, 0.25) is 5.96 Å². The normalized spacial score (nSPS) is 11.4. The number of ether oxygens (including phenoxy) is 1. The number of hydrogen-bond donors (Lipinski definition) is 2. The van der Waals surface area contributed by atoms with Crippen LogP contribution in [0, 0.1) is 20.8 Å². The first-order valence-corrected chi connectivity index (χ1v) is 10.2. The predicted molar refractivity (Wildman–Crippen MR) is 124 cm³/mol. The van der Waals surface area contributed by atoms with Crippen molar-refractivity contribution in [3.8, 4) is 5.75 Å². The average molecular weight is 440 g/mol. The lowest BCUT2D eigenvalue weighted by Crippen LogP contribution is -2.36. The van der Waals surface area contributed by atoms with Crippen LogP contribution in [0.25, 0.3) is 0 Å². The smallest absolute Gasteiger partial charge is 0.259 e. The minimum absolute atomic E-state index is 0.288. The van der Waals surface area contributed by atoms with Gasteiger partial charge < -0.3 is 10.1 Å². The first kappa shape index (κ1) is 22.4. The fraction of sp³-hybridized carbons (Fsp3) is 0.261. The third-order valence-corrected chi connectivity index (χ3v) is 5.34. The number of nitrogens with zero attached hydrogens (tertiary/aromatic N) is 3. The number of rotatable bonds is 5. The van der Waals surface area contributed by atoms with E-state index in [0.717, 1.165) is 22.5 Å². The van der Waals surface area contributed by atoms with Crippen LogP contribution >= 0.6 is 11.6 Å². The molecule has 3 aromatic rings. The third-order valence-electron chi connectivity index (χ3n) is 5.01. The van der Waals surface area contributed by atoms with Gasteiger partial charge in [0.05, 0.1) is 35.6 Å². The van der Waals surface area contributed by atoms with Crippen molar-refractivity contribution in [1.29, 1.82) is 0 Å². The maximum absolute atomic E-state index is 12.9. The number of hydrogen-bond acceptors (Lipinski definition) is 4. The van der Waals surface area contributed by atoms with Crippen LogP contribution in [0.1, 0.15) is 32.9 Å². The number of aromatic nitrogens is 2. The van der Waals surface area contributed by atoms with Gasteiger partial charge in [0.15, 0.2) is 0 Å². The van der Waals surface area contributed by atoms with Crippen LogP contribution in [-0.2, 0) is 13.6 Å². The SMILES string of the molecule is COc1ccc(C)cc1NC(=NCc1c(C)nn(C)c1C)NC(=O)c1ccccc1Cl. The molecule has 0 unspecified atom stereocenters. The molecule has 0 atom stereocenters. The van der Waals surface area contributed by atoms with Crippen LogP contribution < -0.4 is 15.4 Å². The lowest BCUT2D eigenvalue weighted by molar-refractivity contribution is 0.0977.